The molecule has 9 heteroatoms. The number of amides is 2. The zero-order chi connectivity index (χ0) is 22.3. The maximum absolute atomic E-state index is 12.0. The molecule has 0 aliphatic rings. The SMILES string of the molecule is CCCCOCC(COC(=O)NCCCCCCN)OC(=O)NCCCCCCN. The number of unbranched alkanes of at least 4 members (excludes halogenated alkanes) is 7. The molecule has 0 rings (SSSR count). The molecule has 0 saturated heterocycles. The van der Waals surface area contributed by atoms with Gasteiger partial charge in [0, 0.05) is 19.7 Å². The van der Waals surface area contributed by atoms with E-state index in [9.17, 15) is 9.59 Å². The van der Waals surface area contributed by atoms with Gasteiger partial charge in [0.25, 0.3) is 0 Å². The Labute approximate surface area is 181 Å². The first-order valence-corrected chi connectivity index (χ1v) is 11.5. The second kappa shape index (κ2) is 22.1. The van der Waals surface area contributed by atoms with Gasteiger partial charge in [-0.1, -0.05) is 39.0 Å². The van der Waals surface area contributed by atoms with Crippen LogP contribution in [0.3, 0.4) is 0 Å². The maximum atomic E-state index is 12.0. The number of alkyl carbamates (subject to hydrolysis) is 2. The predicted octanol–water partition coefficient (Wildman–Crippen LogP) is 2.66. The minimum Gasteiger partial charge on any atom is -0.446 e. The first-order chi connectivity index (χ1) is 14.6. The monoisotopic (exact) mass is 432 g/mol. The topological polar surface area (TPSA) is 138 Å². The lowest BCUT2D eigenvalue weighted by Crippen LogP contribution is -2.36. The lowest BCUT2D eigenvalue weighted by molar-refractivity contribution is -0.0122. The number of nitrogens with two attached hydrogens (primary N) is 2. The lowest BCUT2D eigenvalue weighted by Gasteiger charge is -2.18. The van der Waals surface area contributed by atoms with Gasteiger partial charge in [0.05, 0.1) is 6.61 Å². The van der Waals surface area contributed by atoms with Gasteiger partial charge in [0.15, 0.2) is 6.10 Å². The van der Waals surface area contributed by atoms with Crippen LogP contribution in [0.4, 0.5) is 9.59 Å². The van der Waals surface area contributed by atoms with Crippen LogP contribution in [0.15, 0.2) is 0 Å². The van der Waals surface area contributed by atoms with Crippen molar-refractivity contribution in [2.75, 3.05) is 46.0 Å². The molecule has 178 valence electrons. The Hall–Kier alpha value is -1.58. The fourth-order valence-corrected chi connectivity index (χ4v) is 2.62. The van der Waals surface area contributed by atoms with Crippen molar-refractivity contribution in [3.05, 3.63) is 0 Å². The van der Waals surface area contributed by atoms with Gasteiger partial charge in [-0.3, -0.25) is 0 Å². The molecule has 30 heavy (non-hydrogen) atoms. The number of nitrogens with one attached hydrogen (secondary N) is 2. The zero-order valence-electron chi connectivity index (χ0n) is 18.8. The first kappa shape index (κ1) is 28.4. The third-order valence-electron chi connectivity index (χ3n) is 4.42. The first-order valence-electron chi connectivity index (χ1n) is 11.5. The van der Waals surface area contributed by atoms with Crippen molar-refractivity contribution in [3.8, 4) is 0 Å². The molecule has 9 nitrogen and oxygen atoms in total. The van der Waals surface area contributed by atoms with Gasteiger partial charge in [-0.2, -0.15) is 0 Å². The number of carbonyl (C=O) groups excluding carboxylic acids is 2. The predicted molar refractivity (Wildman–Crippen MR) is 118 cm³/mol. The van der Waals surface area contributed by atoms with Crippen molar-refractivity contribution in [2.24, 2.45) is 11.5 Å². The lowest BCUT2D eigenvalue weighted by atomic mass is 10.2. The number of hydrogen-bond donors (Lipinski definition) is 4. The van der Waals surface area contributed by atoms with E-state index in [4.69, 9.17) is 25.7 Å². The summed E-state index contributed by atoms with van der Waals surface area (Å²) >= 11 is 0. The van der Waals surface area contributed by atoms with Crippen LogP contribution in [-0.4, -0.2) is 64.3 Å². The summed E-state index contributed by atoms with van der Waals surface area (Å²) in [5.74, 6) is 0. The highest BCUT2D eigenvalue weighted by molar-refractivity contribution is 5.68. The molecule has 0 aromatic rings. The largest absolute Gasteiger partial charge is 0.446 e. The van der Waals surface area contributed by atoms with E-state index >= 15 is 0 Å². The molecule has 1 unspecified atom stereocenters. The van der Waals surface area contributed by atoms with Crippen LogP contribution in [0, 0.1) is 0 Å². The van der Waals surface area contributed by atoms with Gasteiger partial charge in [-0.15, -0.1) is 0 Å². The van der Waals surface area contributed by atoms with Gasteiger partial charge in [0.1, 0.15) is 6.61 Å². The average Bonchev–Trinajstić information content (AvgIpc) is 2.74. The second-order valence-electron chi connectivity index (χ2n) is 7.31. The second-order valence-corrected chi connectivity index (χ2v) is 7.31. The molecule has 2 amide bonds. The molecule has 0 heterocycles. The summed E-state index contributed by atoms with van der Waals surface area (Å²) < 4.78 is 16.1. The Morgan fingerprint density at radius 2 is 1.33 bits per heavy atom. The Morgan fingerprint density at radius 1 is 0.767 bits per heavy atom. The van der Waals surface area contributed by atoms with E-state index in [1.54, 1.807) is 0 Å². The van der Waals surface area contributed by atoms with E-state index in [1.165, 1.54) is 0 Å². The fourth-order valence-electron chi connectivity index (χ4n) is 2.62. The molecule has 0 radical (unpaired) electrons. The number of hydrogen-bond acceptors (Lipinski definition) is 7. The standard InChI is InChI=1S/C21H44N4O5/c1-2-3-16-28-17-19(30-21(27)25-15-11-7-5-9-13-23)18-29-20(26)24-14-10-6-4-8-12-22/h19H,2-18,22-23H2,1H3,(H,24,26)(H,25,27). The highest BCUT2D eigenvalue weighted by Crippen LogP contribution is 2.01. The number of carbonyl (C=O) groups is 2. The highest BCUT2D eigenvalue weighted by atomic mass is 16.6. The van der Waals surface area contributed by atoms with Gasteiger partial charge in [0.2, 0.25) is 0 Å². The van der Waals surface area contributed by atoms with Gasteiger partial charge < -0.3 is 36.3 Å². The van der Waals surface area contributed by atoms with Crippen molar-refractivity contribution in [1.82, 2.24) is 10.6 Å². The summed E-state index contributed by atoms with van der Waals surface area (Å²) in [6, 6.07) is 0. The maximum Gasteiger partial charge on any atom is 0.407 e. The summed E-state index contributed by atoms with van der Waals surface area (Å²) in [4.78, 5) is 23.8. The van der Waals surface area contributed by atoms with E-state index < -0.39 is 18.3 Å². The van der Waals surface area contributed by atoms with Crippen molar-refractivity contribution in [2.45, 2.75) is 77.2 Å². The Morgan fingerprint density at radius 3 is 1.90 bits per heavy atom. The van der Waals surface area contributed by atoms with Crippen LogP contribution in [0.5, 0.6) is 0 Å². The minimum absolute atomic E-state index is 0.0466. The third kappa shape index (κ3) is 19.7. The highest BCUT2D eigenvalue weighted by Gasteiger charge is 2.17. The summed E-state index contributed by atoms with van der Waals surface area (Å²) in [5, 5.41) is 5.43. The summed E-state index contributed by atoms with van der Waals surface area (Å²) in [7, 11) is 0. The molecule has 0 aromatic carbocycles. The molecular weight excluding hydrogens is 388 g/mol. The summed E-state index contributed by atoms with van der Waals surface area (Å²) in [6.45, 7) is 5.27. The fraction of sp³-hybridized carbons (Fsp3) is 0.905. The van der Waals surface area contributed by atoms with E-state index in [2.05, 4.69) is 17.6 Å². The molecule has 0 fully saturated rings. The van der Waals surface area contributed by atoms with E-state index in [0.717, 1.165) is 64.2 Å². The number of ether oxygens (including phenoxy) is 3. The van der Waals surface area contributed by atoms with Crippen molar-refractivity contribution >= 4 is 12.2 Å². The van der Waals surface area contributed by atoms with E-state index in [0.29, 0.717) is 32.8 Å². The van der Waals surface area contributed by atoms with Gasteiger partial charge >= 0.3 is 12.2 Å². The summed E-state index contributed by atoms with van der Waals surface area (Å²) in [6.07, 6.45) is 8.13. The van der Waals surface area contributed by atoms with Gasteiger partial charge in [-0.05, 0) is 45.2 Å². The third-order valence-corrected chi connectivity index (χ3v) is 4.42. The van der Waals surface area contributed by atoms with Crippen molar-refractivity contribution < 1.29 is 23.8 Å². The van der Waals surface area contributed by atoms with E-state index in [1.807, 2.05) is 0 Å². The smallest absolute Gasteiger partial charge is 0.407 e. The molecule has 0 aromatic heterocycles. The van der Waals surface area contributed by atoms with Crippen LogP contribution >= 0.6 is 0 Å². The minimum atomic E-state index is -0.644. The Balaban J connectivity index is 4.10. The van der Waals surface area contributed by atoms with Crippen LogP contribution < -0.4 is 22.1 Å². The normalized spacial score (nSPS) is 11.7. The molecule has 6 N–H and O–H groups in total. The number of rotatable bonds is 20. The molecule has 0 bridgehead atoms. The van der Waals surface area contributed by atoms with Crippen molar-refractivity contribution in [3.63, 3.8) is 0 Å². The van der Waals surface area contributed by atoms with E-state index in [-0.39, 0.29) is 13.2 Å². The average molecular weight is 433 g/mol. The molecule has 0 aliphatic heterocycles. The molecule has 1 atom stereocenters. The van der Waals surface area contributed by atoms with Gasteiger partial charge in [-0.25, -0.2) is 9.59 Å². The van der Waals surface area contributed by atoms with Crippen LogP contribution in [0.2, 0.25) is 0 Å². The van der Waals surface area contributed by atoms with Crippen LogP contribution in [0.25, 0.3) is 0 Å². The molecular formula is C21H44N4O5. The molecule has 0 saturated carbocycles. The molecule has 0 spiro atoms. The Bertz CT molecular complexity index is 413. The van der Waals surface area contributed by atoms with Crippen LogP contribution in [-0.2, 0) is 14.2 Å². The van der Waals surface area contributed by atoms with Crippen LogP contribution in [0.1, 0.15) is 71.1 Å². The van der Waals surface area contributed by atoms with Crippen molar-refractivity contribution in [1.29, 1.82) is 0 Å². The quantitative estimate of drug-likeness (QED) is 0.217. The summed E-state index contributed by atoms with van der Waals surface area (Å²) in [5.41, 5.74) is 10.9. The Kier molecular flexibility index (Phi) is 20.9. The zero-order valence-corrected chi connectivity index (χ0v) is 18.8. The molecule has 0 aliphatic carbocycles.